The number of ether oxygens (including phenoxy) is 1. The summed E-state index contributed by atoms with van der Waals surface area (Å²) >= 11 is 0. The van der Waals surface area contributed by atoms with Crippen LogP contribution in [0.4, 0.5) is 15.0 Å². The van der Waals surface area contributed by atoms with Crippen LogP contribution in [0, 0.1) is 0 Å². The van der Waals surface area contributed by atoms with Gasteiger partial charge in [0.2, 0.25) is 0 Å². The van der Waals surface area contributed by atoms with Crippen LogP contribution in [0.3, 0.4) is 0 Å². The van der Waals surface area contributed by atoms with Gasteiger partial charge in [0, 0.05) is 13.6 Å². The molecule has 0 saturated carbocycles. The zero-order chi connectivity index (χ0) is 18.1. The number of amides is 1. The molecule has 1 saturated heterocycles. The zero-order valence-corrected chi connectivity index (χ0v) is 15.0. The molecule has 1 aromatic heterocycles. The first-order chi connectivity index (χ1) is 11.1. The number of anilines is 1. The van der Waals surface area contributed by atoms with Crippen molar-refractivity contribution in [1.29, 1.82) is 0 Å². The van der Waals surface area contributed by atoms with Gasteiger partial charge >= 0.3 is 25.0 Å². The first kappa shape index (κ1) is 21.2. The number of aromatic carboxylic acids is 1. The van der Waals surface area contributed by atoms with Gasteiger partial charge in [-0.2, -0.15) is 0 Å². The van der Waals surface area contributed by atoms with E-state index in [1.807, 2.05) is 0 Å². The SMILES string of the molecule is CN(C(=O)OC(C)(C)C)[C@@H]1CN(c2cnc(C(=O)[O-])cn2)C[C@@H]1F.[Li+]. The minimum atomic E-state index is -1.43. The number of carbonyl (C=O) groups excluding carboxylic acids is 2. The number of rotatable bonds is 3. The number of hydrogen-bond acceptors (Lipinski definition) is 7. The minimum absolute atomic E-state index is 0. The molecule has 2 rings (SSSR count). The number of carboxylic acids is 1. The molecule has 132 valence electrons. The molecule has 2 heterocycles. The average Bonchev–Trinajstić information content (AvgIpc) is 2.86. The molecule has 0 N–H and O–H groups in total. The molecular formula is C15H20FLiN4O4. The Morgan fingerprint density at radius 2 is 1.96 bits per heavy atom. The van der Waals surface area contributed by atoms with E-state index >= 15 is 0 Å². The van der Waals surface area contributed by atoms with Gasteiger partial charge in [0.15, 0.2) is 0 Å². The molecule has 0 bridgehead atoms. The number of carboxylic acid groups (broad SMARTS) is 1. The van der Waals surface area contributed by atoms with E-state index in [4.69, 9.17) is 4.74 Å². The van der Waals surface area contributed by atoms with Gasteiger partial charge in [-0.3, -0.25) is 0 Å². The Bertz CT molecular complexity index is 623. The summed E-state index contributed by atoms with van der Waals surface area (Å²) in [5.41, 5.74) is -0.959. The maximum absolute atomic E-state index is 14.3. The van der Waals surface area contributed by atoms with E-state index in [1.54, 1.807) is 25.7 Å². The zero-order valence-electron chi connectivity index (χ0n) is 15.0. The van der Waals surface area contributed by atoms with Crippen molar-refractivity contribution < 1.29 is 42.7 Å². The Kier molecular flexibility index (Phi) is 6.80. The van der Waals surface area contributed by atoms with E-state index in [2.05, 4.69) is 9.97 Å². The van der Waals surface area contributed by atoms with Crippen molar-refractivity contribution in [3.63, 3.8) is 0 Å². The van der Waals surface area contributed by atoms with Crippen molar-refractivity contribution in [3.05, 3.63) is 18.1 Å². The number of halogens is 1. The third-order valence-corrected chi connectivity index (χ3v) is 3.57. The molecule has 8 nitrogen and oxygen atoms in total. The number of hydrogen-bond donors (Lipinski definition) is 0. The maximum atomic E-state index is 14.3. The summed E-state index contributed by atoms with van der Waals surface area (Å²) in [6.45, 7) is 5.44. The van der Waals surface area contributed by atoms with Crippen molar-refractivity contribution in [2.75, 3.05) is 25.0 Å². The van der Waals surface area contributed by atoms with Gasteiger partial charge in [-0.15, -0.1) is 0 Å². The van der Waals surface area contributed by atoms with Gasteiger partial charge in [0.25, 0.3) is 0 Å². The third-order valence-electron chi connectivity index (χ3n) is 3.57. The summed E-state index contributed by atoms with van der Waals surface area (Å²) in [4.78, 5) is 33.2. The number of aromatic nitrogens is 2. The second-order valence-electron chi connectivity index (χ2n) is 6.63. The van der Waals surface area contributed by atoms with Crippen molar-refractivity contribution in [2.45, 2.75) is 38.6 Å². The molecule has 10 heteroatoms. The molecule has 1 aliphatic heterocycles. The summed E-state index contributed by atoms with van der Waals surface area (Å²) in [5, 5.41) is 10.7. The molecule has 0 aliphatic carbocycles. The predicted octanol–water partition coefficient (Wildman–Crippen LogP) is -2.76. The van der Waals surface area contributed by atoms with Crippen molar-refractivity contribution in [2.24, 2.45) is 0 Å². The monoisotopic (exact) mass is 346 g/mol. The molecule has 0 radical (unpaired) electrons. The van der Waals surface area contributed by atoms with Gasteiger partial charge in [0.05, 0.1) is 30.9 Å². The molecule has 0 aromatic carbocycles. The standard InChI is InChI=1S/C15H21FN4O4.Li/c1-15(2,3)24-14(23)19(4)11-8-20(7-9(11)16)12-6-17-10(5-18-12)13(21)22;/h5-6,9,11H,7-8H2,1-4H3,(H,21,22);/q;+1/p-1/t9-,11+;/m0./s1. The largest absolute Gasteiger partial charge is 1.00 e. The topological polar surface area (TPSA) is 98.7 Å². The maximum Gasteiger partial charge on any atom is 1.00 e. The Morgan fingerprint density at radius 3 is 2.44 bits per heavy atom. The van der Waals surface area contributed by atoms with Crippen LogP contribution in [0.25, 0.3) is 0 Å². The van der Waals surface area contributed by atoms with Gasteiger partial charge in [-0.25, -0.2) is 19.2 Å². The summed E-state index contributed by atoms with van der Waals surface area (Å²) < 4.78 is 19.6. The molecule has 1 aliphatic rings. The fourth-order valence-electron chi connectivity index (χ4n) is 2.36. The van der Waals surface area contributed by atoms with E-state index in [1.165, 1.54) is 18.1 Å². The Morgan fingerprint density at radius 1 is 1.32 bits per heavy atom. The summed E-state index contributed by atoms with van der Waals surface area (Å²) in [5.74, 6) is -1.09. The van der Waals surface area contributed by atoms with Crippen LogP contribution in [0.15, 0.2) is 12.4 Å². The normalized spacial score (nSPS) is 20.0. The molecule has 25 heavy (non-hydrogen) atoms. The average molecular weight is 346 g/mol. The second kappa shape index (κ2) is 8.02. The molecule has 1 amide bonds. The van der Waals surface area contributed by atoms with Crippen LogP contribution < -0.4 is 28.9 Å². The van der Waals surface area contributed by atoms with Crippen LogP contribution >= 0.6 is 0 Å². The Balaban J connectivity index is 0.00000312. The van der Waals surface area contributed by atoms with Crippen molar-refractivity contribution in [1.82, 2.24) is 14.9 Å². The van der Waals surface area contributed by atoms with E-state index < -0.39 is 29.9 Å². The van der Waals surface area contributed by atoms with Crippen LogP contribution in [0.2, 0.25) is 0 Å². The van der Waals surface area contributed by atoms with E-state index in [9.17, 15) is 19.1 Å². The van der Waals surface area contributed by atoms with Crippen LogP contribution in [0.5, 0.6) is 0 Å². The van der Waals surface area contributed by atoms with Gasteiger partial charge in [0.1, 0.15) is 23.3 Å². The fraction of sp³-hybridized carbons (Fsp3) is 0.600. The molecule has 0 unspecified atom stereocenters. The van der Waals surface area contributed by atoms with Crippen LogP contribution in [-0.2, 0) is 4.74 Å². The fourth-order valence-corrected chi connectivity index (χ4v) is 2.36. The molecule has 1 fully saturated rings. The number of nitrogens with zero attached hydrogens (tertiary/aromatic N) is 4. The molecule has 2 atom stereocenters. The van der Waals surface area contributed by atoms with Crippen LogP contribution in [-0.4, -0.2) is 64.9 Å². The molecule has 1 aromatic rings. The summed E-state index contributed by atoms with van der Waals surface area (Å²) in [7, 11) is 1.49. The smallest absolute Gasteiger partial charge is 0.543 e. The van der Waals surface area contributed by atoms with E-state index in [0.717, 1.165) is 6.20 Å². The Labute approximate surface area is 157 Å². The van der Waals surface area contributed by atoms with Crippen molar-refractivity contribution >= 4 is 17.9 Å². The molecular weight excluding hydrogens is 326 g/mol. The molecule has 0 spiro atoms. The number of carbonyl (C=O) groups is 2. The predicted molar refractivity (Wildman–Crippen MR) is 81.3 cm³/mol. The first-order valence-electron chi connectivity index (χ1n) is 7.46. The summed E-state index contributed by atoms with van der Waals surface area (Å²) in [6, 6.07) is -0.692. The van der Waals surface area contributed by atoms with Crippen molar-refractivity contribution in [3.8, 4) is 0 Å². The number of likely N-dealkylation sites (N-methyl/N-ethyl adjacent to an activating group) is 1. The third kappa shape index (κ3) is 5.31. The van der Waals surface area contributed by atoms with E-state index in [0.29, 0.717) is 5.82 Å². The van der Waals surface area contributed by atoms with Gasteiger partial charge in [-0.05, 0) is 20.8 Å². The minimum Gasteiger partial charge on any atom is -0.543 e. The first-order valence-corrected chi connectivity index (χ1v) is 7.46. The van der Waals surface area contributed by atoms with Gasteiger partial charge in [-0.1, -0.05) is 0 Å². The van der Waals surface area contributed by atoms with E-state index in [-0.39, 0.29) is 37.6 Å². The second-order valence-corrected chi connectivity index (χ2v) is 6.63. The number of alkyl halides is 1. The van der Waals surface area contributed by atoms with Crippen LogP contribution in [0.1, 0.15) is 31.3 Å². The summed E-state index contributed by atoms with van der Waals surface area (Å²) in [6.07, 6.45) is 0.414. The quantitative estimate of drug-likeness (QED) is 0.547. The Hall–Kier alpha value is -1.85. The van der Waals surface area contributed by atoms with Gasteiger partial charge < -0.3 is 24.4 Å².